The average Bonchev–Trinajstić information content (AvgIpc) is 2.56. The van der Waals surface area contributed by atoms with Crippen LogP contribution in [0.3, 0.4) is 0 Å². The number of pyridine rings is 1. The molecule has 0 saturated carbocycles. The van der Waals surface area contributed by atoms with Crippen LogP contribution in [0.25, 0.3) is 11.3 Å². The standard InChI is InChI=1S/C18H20N2O2/c1-3-14-4-6-15(7-5-14)17-9-8-16(10-11-19)18(21)20(17)12-13-22-2/h4-9H,3,10,12-13H2,1-2H3. The largest absolute Gasteiger partial charge is 0.383 e. The van der Waals surface area contributed by atoms with Gasteiger partial charge in [0.2, 0.25) is 0 Å². The van der Waals surface area contributed by atoms with Gasteiger partial charge in [-0.05, 0) is 23.6 Å². The van der Waals surface area contributed by atoms with Crippen molar-refractivity contribution in [1.29, 1.82) is 5.26 Å². The molecule has 2 rings (SSSR count). The molecule has 0 N–H and O–H groups in total. The van der Waals surface area contributed by atoms with Crippen molar-refractivity contribution in [2.24, 2.45) is 0 Å². The Balaban J connectivity index is 2.51. The molecule has 0 fully saturated rings. The molecule has 4 nitrogen and oxygen atoms in total. The second kappa shape index (κ2) is 7.58. The number of hydrogen-bond acceptors (Lipinski definition) is 3. The van der Waals surface area contributed by atoms with Gasteiger partial charge in [-0.15, -0.1) is 0 Å². The van der Waals surface area contributed by atoms with Gasteiger partial charge in [0.25, 0.3) is 5.56 Å². The highest BCUT2D eigenvalue weighted by molar-refractivity contribution is 5.60. The van der Waals surface area contributed by atoms with Gasteiger partial charge in [-0.3, -0.25) is 4.79 Å². The zero-order chi connectivity index (χ0) is 15.9. The van der Waals surface area contributed by atoms with Crippen molar-refractivity contribution in [2.75, 3.05) is 13.7 Å². The number of benzene rings is 1. The van der Waals surface area contributed by atoms with E-state index in [1.54, 1.807) is 17.7 Å². The molecule has 22 heavy (non-hydrogen) atoms. The van der Waals surface area contributed by atoms with Gasteiger partial charge in [-0.25, -0.2) is 0 Å². The molecule has 0 radical (unpaired) electrons. The van der Waals surface area contributed by atoms with Crippen LogP contribution in [0, 0.1) is 11.3 Å². The van der Waals surface area contributed by atoms with E-state index in [1.165, 1.54) is 5.56 Å². The fourth-order valence-electron chi connectivity index (χ4n) is 2.41. The van der Waals surface area contributed by atoms with Crippen molar-refractivity contribution in [1.82, 2.24) is 4.57 Å². The molecule has 0 aliphatic rings. The minimum Gasteiger partial charge on any atom is -0.383 e. The Morgan fingerprint density at radius 1 is 1.18 bits per heavy atom. The molecular formula is C18H20N2O2. The van der Waals surface area contributed by atoms with Gasteiger partial charge in [0.15, 0.2) is 0 Å². The molecule has 0 amide bonds. The first-order valence-corrected chi connectivity index (χ1v) is 7.39. The van der Waals surface area contributed by atoms with Gasteiger partial charge < -0.3 is 9.30 Å². The van der Waals surface area contributed by atoms with Crippen LogP contribution in [0.1, 0.15) is 18.1 Å². The fraction of sp³-hybridized carbons (Fsp3) is 0.333. The topological polar surface area (TPSA) is 55.0 Å². The number of hydrogen-bond donors (Lipinski definition) is 0. The Morgan fingerprint density at radius 3 is 2.50 bits per heavy atom. The van der Waals surface area contributed by atoms with Gasteiger partial charge in [0.05, 0.1) is 24.8 Å². The molecule has 0 atom stereocenters. The van der Waals surface area contributed by atoms with E-state index in [1.807, 2.05) is 24.3 Å². The van der Waals surface area contributed by atoms with Gasteiger partial charge in [-0.1, -0.05) is 37.3 Å². The summed E-state index contributed by atoms with van der Waals surface area (Å²) in [7, 11) is 1.61. The Bertz CT molecular complexity index is 724. The van der Waals surface area contributed by atoms with Gasteiger partial charge in [0, 0.05) is 19.2 Å². The summed E-state index contributed by atoms with van der Waals surface area (Å²) in [5, 5.41) is 8.83. The summed E-state index contributed by atoms with van der Waals surface area (Å²) in [6.45, 7) is 3.04. The van der Waals surface area contributed by atoms with Crippen LogP contribution in [-0.2, 0) is 24.1 Å². The number of ether oxygens (including phenoxy) is 1. The van der Waals surface area contributed by atoms with Crippen molar-refractivity contribution in [3.05, 3.63) is 57.9 Å². The molecule has 1 heterocycles. The Hall–Kier alpha value is -2.38. The third kappa shape index (κ3) is 3.44. The zero-order valence-corrected chi connectivity index (χ0v) is 13.0. The van der Waals surface area contributed by atoms with E-state index in [0.717, 1.165) is 17.7 Å². The monoisotopic (exact) mass is 296 g/mol. The van der Waals surface area contributed by atoms with Crippen molar-refractivity contribution >= 4 is 0 Å². The van der Waals surface area contributed by atoms with Crippen LogP contribution in [0.2, 0.25) is 0 Å². The molecule has 1 aromatic carbocycles. The fourth-order valence-corrected chi connectivity index (χ4v) is 2.41. The minimum atomic E-state index is -0.115. The smallest absolute Gasteiger partial charge is 0.255 e. The second-order valence-electron chi connectivity index (χ2n) is 5.08. The lowest BCUT2D eigenvalue weighted by Gasteiger charge is -2.14. The third-order valence-electron chi connectivity index (χ3n) is 3.70. The van der Waals surface area contributed by atoms with E-state index in [-0.39, 0.29) is 12.0 Å². The molecule has 0 bridgehead atoms. The predicted octanol–water partition coefficient (Wildman–Crippen LogP) is 2.79. The molecule has 0 spiro atoms. The average molecular weight is 296 g/mol. The van der Waals surface area contributed by atoms with Crippen LogP contribution < -0.4 is 5.56 Å². The Labute approximate surface area is 130 Å². The van der Waals surface area contributed by atoms with E-state index in [9.17, 15) is 4.79 Å². The minimum absolute atomic E-state index is 0.115. The summed E-state index contributed by atoms with van der Waals surface area (Å²) >= 11 is 0. The Kier molecular flexibility index (Phi) is 5.51. The number of rotatable bonds is 6. The van der Waals surface area contributed by atoms with Gasteiger partial charge in [0.1, 0.15) is 0 Å². The van der Waals surface area contributed by atoms with Gasteiger partial charge in [-0.2, -0.15) is 5.26 Å². The van der Waals surface area contributed by atoms with E-state index >= 15 is 0 Å². The van der Waals surface area contributed by atoms with E-state index < -0.39 is 0 Å². The molecule has 0 aliphatic heterocycles. The third-order valence-corrected chi connectivity index (χ3v) is 3.70. The van der Waals surface area contributed by atoms with Crippen molar-refractivity contribution in [3.63, 3.8) is 0 Å². The molecule has 114 valence electrons. The van der Waals surface area contributed by atoms with Crippen LogP contribution in [-0.4, -0.2) is 18.3 Å². The summed E-state index contributed by atoms with van der Waals surface area (Å²) in [6.07, 6.45) is 1.11. The molecular weight excluding hydrogens is 276 g/mol. The quantitative estimate of drug-likeness (QED) is 0.823. The summed E-state index contributed by atoms with van der Waals surface area (Å²) in [5.41, 5.74) is 3.51. The second-order valence-corrected chi connectivity index (χ2v) is 5.08. The molecule has 4 heteroatoms. The first-order chi connectivity index (χ1) is 10.7. The van der Waals surface area contributed by atoms with Crippen LogP contribution in [0.5, 0.6) is 0 Å². The number of methoxy groups -OCH3 is 1. The maximum Gasteiger partial charge on any atom is 0.255 e. The van der Waals surface area contributed by atoms with Crippen LogP contribution in [0.15, 0.2) is 41.2 Å². The van der Waals surface area contributed by atoms with Gasteiger partial charge >= 0.3 is 0 Å². The summed E-state index contributed by atoms with van der Waals surface area (Å²) < 4.78 is 6.79. The summed E-state index contributed by atoms with van der Waals surface area (Å²) in [6, 6.07) is 13.9. The van der Waals surface area contributed by atoms with Crippen LogP contribution >= 0.6 is 0 Å². The lowest BCUT2D eigenvalue weighted by Crippen LogP contribution is -2.26. The highest BCUT2D eigenvalue weighted by atomic mass is 16.5. The molecule has 0 aliphatic carbocycles. The summed E-state index contributed by atoms with van der Waals surface area (Å²) in [5.74, 6) is 0. The predicted molar refractivity (Wildman–Crippen MR) is 86.7 cm³/mol. The molecule has 2 aromatic rings. The highest BCUT2D eigenvalue weighted by Crippen LogP contribution is 2.19. The SMILES string of the molecule is CCc1ccc(-c2ccc(CC#N)c(=O)n2CCOC)cc1. The first-order valence-electron chi connectivity index (χ1n) is 7.39. The van der Waals surface area contributed by atoms with E-state index in [0.29, 0.717) is 18.7 Å². The van der Waals surface area contributed by atoms with E-state index in [4.69, 9.17) is 10.00 Å². The van der Waals surface area contributed by atoms with Crippen LogP contribution in [0.4, 0.5) is 0 Å². The Morgan fingerprint density at radius 2 is 1.91 bits per heavy atom. The van der Waals surface area contributed by atoms with Crippen molar-refractivity contribution in [3.8, 4) is 17.3 Å². The number of nitriles is 1. The maximum atomic E-state index is 12.5. The van der Waals surface area contributed by atoms with E-state index in [2.05, 4.69) is 19.1 Å². The molecule has 1 aromatic heterocycles. The molecule has 0 saturated heterocycles. The zero-order valence-electron chi connectivity index (χ0n) is 13.0. The maximum absolute atomic E-state index is 12.5. The number of aryl methyl sites for hydroxylation is 1. The molecule has 0 unspecified atom stereocenters. The summed E-state index contributed by atoms with van der Waals surface area (Å²) in [4.78, 5) is 12.5. The lowest BCUT2D eigenvalue weighted by molar-refractivity contribution is 0.186. The highest BCUT2D eigenvalue weighted by Gasteiger charge is 2.10. The number of aromatic nitrogens is 1. The lowest BCUT2D eigenvalue weighted by atomic mass is 10.1. The van der Waals surface area contributed by atoms with Crippen molar-refractivity contribution in [2.45, 2.75) is 26.3 Å². The normalized spacial score (nSPS) is 10.4. The first kappa shape index (κ1) is 16.0. The van der Waals surface area contributed by atoms with Crippen molar-refractivity contribution < 1.29 is 4.74 Å². The number of nitrogens with zero attached hydrogens (tertiary/aromatic N) is 2.